The zero-order valence-electron chi connectivity index (χ0n) is 10.3. The minimum absolute atomic E-state index is 0.0337. The Morgan fingerprint density at radius 3 is 2.79 bits per heavy atom. The van der Waals surface area contributed by atoms with Gasteiger partial charge in [0.25, 0.3) is 5.89 Å². The van der Waals surface area contributed by atoms with Crippen LogP contribution in [0.1, 0.15) is 11.8 Å². The van der Waals surface area contributed by atoms with Gasteiger partial charge in [-0.2, -0.15) is 0 Å². The lowest BCUT2D eigenvalue weighted by molar-refractivity contribution is -0.386. The summed E-state index contributed by atoms with van der Waals surface area (Å²) in [5.41, 5.74) is -0.185. The van der Waals surface area contributed by atoms with Gasteiger partial charge in [0.2, 0.25) is 5.89 Å². The highest BCUT2D eigenvalue weighted by Crippen LogP contribution is 2.31. The molecular weight excluding hydrogens is 254 g/mol. The van der Waals surface area contributed by atoms with E-state index in [0.717, 1.165) is 0 Å². The van der Waals surface area contributed by atoms with Gasteiger partial charge in [-0.15, -0.1) is 10.2 Å². The van der Waals surface area contributed by atoms with E-state index in [1.54, 1.807) is 13.0 Å². The van der Waals surface area contributed by atoms with E-state index in [1.165, 1.54) is 19.2 Å². The number of rotatable bonds is 5. The molecule has 0 radical (unpaired) electrons. The molecule has 0 unspecified atom stereocenters. The molecule has 0 saturated heterocycles. The average molecular weight is 265 g/mol. The van der Waals surface area contributed by atoms with Crippen molar-refractivity contribution in [2.45, 2.75) is 13.5 Å². The first-order chi connectivity index (χ1) is 9.10. The minimum Gasteiger partial charge on any atom is -0.496 e. The topological polar surface area (TPSA) is 101 Å². The summed E-state index contributed by atoms with van der Waals surface area (Å²) in [6.07, 6.45) is 0. The summed E-state index contributed by atoms with van der Waals surface area (Å²) in [5, 5.41) is 18.3. The van der Waals surface area contributed by atoms with Gasteiger partial charge in [0.05, 0.1) is 18.1 Å². The second-order valence-corrected chi connectivity index (χ2v) is 3.59. The molecule has 0 aliphatic carbocycles. The Balaban J connectivity index is 2.17. The molecular formula is C11H11N3O5. The molecule has 0 saturated carbocycles. The maximum absolute atomic E-state index is 10.9. The van der Waals surface area contributed by atoms with Gasteiger partial charge in [0, 0.05) is 6.92 Å². The Morgan fingerprint density at radius 1 is 1.42 bits per heavy atom. The Labute approximate surface area is 108 Å². The maximum Gasteiger partial charge on any atom is 0.314 e. The van der Waals surface area contributed by atoms with E-state index in [9.17, 15) is 10.1 Å². The van der Waals surface area contributed by atoms with Gasteiger partial charge in [-0.1, -0.05) is 0 Å². The summed E-state index contributed by atoms with van der Waals surface area (Å²) in [6.45, 7) is 1.61. The van der Waals surface area contributed by atoms with E-state index in [2.05, 4.69) is 10.2 Å². The number of nitrogens with zero attached hydrogens (tertiary/aromatic N) is 3. The van der Waals surface area contributed by atoms with E-state index in [4.69, 9.17) is 13.9 Å². The Morgan fingerprint density at radius 2 is 2.21 bits per heavy atom. The average Bonchev–Trinajstić information content (AvgIpc) is 2.82. The van der Waals surface area contributed by atoms with Crippen molar-refractivity contribution < 1.29 is 18.8 Å². The van der Waals surface area contributed by atoms with E-state index < -0.39 is 4.92 Å². The molecule has 0 atom stereocenters. The van der Waals surface area contributed by atoms with Crippen LogP contribution in [-0.4, -0.2) is 22.2 Å². The van der Waals surface area contributed by atoms with Crippen LogP contribution in [0, 0.1) is 17.0 Å². The molecule has 8 heteroatoms. The fourth-order valence-corrected chi connectivity index (χ4v) is 1.42. The summed E-state index contributed by atoms with van der Waals surface area (Å²) < 4.78 is 15.3. The Kier molecular flexibility index (Phi) is 3.60. The number of aryl methyl sites for hydroxylation is 1. The van der Waals surface area contributed by atoms with E-state index in [-0.39, 0.29) is 23.9 Å². The largest absolute Gasteiger partial charge is 0.496 e. The molecule has 19 heavy (non-hydrogen) atoms. The first-order valence-electron chi connectivity index (χ1n) is 5.34. The number of methoxy groups -OCH3 is 1. The molecule has 8 nitrogen and oxygen atoms in total. The molecule has 0 fully saturated rings. The summed E-state index contributed by atoms with van der Waals surface area (Å²) in [4.78, 5) is 10.4. The van der Waals surface area contributed by atoms with Gasteiger partial charge in [-0.05, 0) is 12.1 Å². The van der Waals surface area contributed by atoms with Gasteiger partial charge in [0.1, 0.15) is 5.75 Å². The summed E-state index contributed by atoms with van der Waals surface area (Å²) in [7, 11) is 1.43. The van der Waals surface area contributed by atoms with Crippen LogP contribution >= 0.6 is 0 Å². The molecule has 0 bridgehead atoms. The zero-order valence-corrected chi connectivity index (χ0v) is 10.3. The highest BCUT2D eigenvalue weighted by molar-refractivity contribution is 5.50. The fourth-order valence-electron chi connectivity index (χ4n) is 1.42. The quantitative estimate of drug-likeness (QED) is 0.600. The van der Waals surface area contributed by atoms with Crippen LogP contribution in [0.25, 0.3) is 0 Å². The number of nitro groups is 1. The van der Waals surface area contributed by atoms with Gasteiger partial charge in [-0.3, -0.25) is 10.1 Å². The number of aromatic nitrogens is 2. The molecule has 0 amide bonds. The van der Waals surface area contributed by atoms with Crippen LogP contribution in [0.2, 0.25) is 0 Å². The highest BCUT2D eigenvalue weighted by atomic mass is 16.6. The lowest BCUT2D eigenvalue weighted by atomic mass is 10.3. The number of ether oxygens (including phenoxy) is 2. The van der Waals surface area contributed by atoms with Crippen molar-refractivity contribution in [1.82, 2.24) is 10.2 Å². The maximum atomic E-state index is 10.9. The van der Waals surface area contributed by atoms with Crippen molar-refractivity contribution in [1.29, 1.82) is 0 Å². The summed E-state index contributed by atoms with van der Waals surface area (Å²) in [6, 6.07) is 4.32. The SMILES string of the molecule is COc1ccc(OCc2nnc(C)o2)c([N+](=O)[O-])c1. The van der Waals surface area contributed by atoms with Gasteiger partial charge in [0.15, 0.2) is 12.4 Å². The molecule has 0 aliphatic heterocycles. The smallest absolute Gasteiger partial charge is 0.314 e. The van der Waals surface area contributed by atoms with Crippen molar-refractivity contribution in [2.24, 2.45) is 0 Å². The lowest BCUT2D eigenvalue weighted by Crippen LogP contribution is -2.00. The minimum atomic E-state index is -0.545. The van der Waals surface area contributed by atoms with Crippen molar-refractivity contribution in [3.63, 3.8) is 0 Å². The lowest BCUT2D eigenvalue weighted by Gasteiger charge is -2.06. The number of benzene rings is 1. The molecule has 2 aromatic rings. The van der Waals surface area contributed by atoms with Crippen molar-refractivity contribution in [2.75, 3.05) is 7.11 Å². The van der Waals surface area contributed by atoms with Crippen LogP contribution < -0.4 is 9.47 Å². The van der Waals surface area contributed by atoms with E-state index >= 15 is 0 Å². The van der Waals surface area contributed by atoms with E-state index in [0.29, 0.717) is 11.6 Å². The fraction of sp³-hybridized carbons (Fsp3) is 0.273. The summed E-state index contributed by atoms with van der Waals surface area (Å²) >= 11 is 0. The third kappa shape index (κ3) is 2.97. The second-order valence-electron chi connectivity index (χ2n) is 3.59. The Bertz CT molecular complexity index is 596. The predicted octanol–water partition coefficient (Wildman–Crippen LogP) is 1.87. The van der Waals surface area contributed by atoms with Crippen molar-refractivity contribution in [3.05, 3.63) is 40.1 Å². The van der Waals surface area contributed by atoms with Crippen LogP contribution in [0.5, 0.6) is 11.5 Å². The Hall–Kier alpha value is -2.64. The standard InChI is InChI=1S/C11H11N3O5/c1-7-12-13-11(19-7)6-18-10-4-3-8(17-2)5-9(10)14(15)16/h3-5H,6H2,1-2H3. The molecule has 1 heterocycles. The molecule has 1 aromatic carbocycles. The van der Waals surface area contributed by atoms with Crippen LogP contribution in [0.3, 0.4) is 0 Å². The van der Waals surface area contributed by atoms with Crippen molar-refractivity contribution in [3.8, 4) is 11.5 Å². The normalized spacial score (nSPS) is 10.2. The van der Waals surface area contributed by atoms with Crippen molar-refractivity contribution >= 4 is 5.69 Å². The highest BCUT2D eigenvalue weighted by Gasteiger charge is 2.17. The number of nitro benzene ring substituents is 1. The van der Waals surface area contributed by atoms with Gasteiger partial charge in [-0.25, -0.2) is 0 Å². The third-order valence-corrected chi connectivity index (χ3v) is 2.28. The molecule has 0 spiro atoms. The monoisotopic (exact) mass is 265 g/mol. The van der Waals surface area contributed by atoms with Gasteiger partial charge < -0.3 is 13.9 Å². The first-order valence-corrected chi connectivity index (χ1v) is 5.34. The molecule has 100 valence electrons. The first kappa shape index (κ1) is 12.8. The van der Waals surface area contributed by atoms with Gasteiger partial charge >= 0.3 is 5.69 Å². The predicted molar refractivity (Wildman–Crippen MR) is 63.0 cm³/mol. The molecule has 1 aromatic heterocycles. The summed E-state index contributed by atoms with van der Waals surface area (Å²) in [5.74, 6) is 1.15. The third-order valence-electron chi connectivity index (χ3n) is 2.28. The van der Waals surface area contributed by atoms with E-state index in [1.807, 2.05) is 0 Å². The second kappa shape index (κ2) is 5.34. The molecule has 0 N–H and O–H groups in total. The number of hydrogen-bond acceptors (Lipinski definition) is 7. The zero-order chi connectivity index (χ0) is 13.8. The molecule has 0 aliphatic rings. The molecule has 2 rings (SSSR count). The van der Waals surface area contributed by atoms with Crippen LogP contribution in [-0.2, 0) is 6.61 Å². The van der Waals surface area contributed by atoms with Crippen LogP contribution in [0.4, 0.5) is 5.69 Å². The number of hydrogen-bond donors (Lipinski definition) is 0. The van der Waals surface area contributed by atoms with Crippen LogP contribution in [0.15, 0.2) is 22.6 Å².